The largest absolute Gasteiger partial charge is 0.370 e. The van der Waals surface area contributed by atoms with Gasteiger partial charge in [-0.25, -0.2) is 0 Å². The number of allylic oxidation sites excluding steroid dienone is 3. The van der Waals surface area contributed by atoms with Crippen molar-refractivity contribution >= 4 is 29.5 Å². The van der Waals surface area contributed by atoms with Gasteiger partial charge in [-0.1, -0.05) is 30.7 Å². The molecule has 7 N–H and O–H groups in total. The van der Waals surface area contributed by atoms with Crippen LogP contribution in [0.1, 0.15) is 71.6 Å². The fourth-order valence-electron chi connectivity index (χ4n) is 3.26. The second-order valence-electron chi connectivity index (χ2n) is 8.32. The van der Waals surface area contributed by atoms with Crippen molar-refractivity contribution in [3.8, 4) is 0 Å². The molecule has 10 nitrogen and oxygen atoms in total. The molecule has 1 rings (SSSR count). The van der Waals surface area contributed by atoms with E-state index >= 15 is 0 Å². The van der Waals surface area contributed by atoms with Crippen molar-refractivity contribution in [2.75, 3.05) is 0 Å². The first-order chi connectivity index (χ1) is 15.6. The molecule has 5 amide bonds. The normalized spacial score (nSPS) is 15.5. The molecule has 2 unspecified atom stereocenters. The Kier molecular flexibility index (Phi) is 12.5. The Labute approximate surface area is 195 Å². The van der Waals surface area contributed by atoms with Crippen molar-refractivity contribution in [2.45, 2.75) is 89.8 Å². The number of hydrogen-bond donors (Lipinski definition) is 5. The quantitative estimate of drug-likeness (QED) is 0.237. The van der Waals surface area contributed by atoms with Gasteiger partial charge in [0.05, 0.1) is 0 Å². The van der Waals surface area contributed by atoms with E-state index in [1.54, 1.807) is 0 Å². The van der Waals surface area contributed by atoms with Gasteiger partial charge in [0, 0.05) is 25.3 Å². The summed E-state index contributed by atoms with van der Waals surface area (Å²) in [5.41, 5.74) is 11.3. The molecule has 0 aromatic carbocycles. The van der Waals surface area contributed by atoms with Gasteiger partial charge in [-0.05, 0) is 45.4 Å². The van der Waals surface area contributed by atoms with Gasteiger partial charge in [0.15, 0.2) is 0 Å². The summed E-state index contributed by atoms with van der Waals surface area (Å²) in [6.45, 7) is 3.82. The van der Waals surface area contributed by atoms with Crippen molar-refractivity contribution in [1.29, 1.82) is 0 Å². The summed E-state index contributed by atoms with van der Waals surface area (Å²) in [5, 5.41) is 8.21. The molecule has 0 aliphatic heterocycles. The van der Waals surface area contributed by atoms with Crippen molar-refractivity contribution in [1.82, 2.24) is 16.0 Å². The zero-order chi connectivity index (χ0) is 24.8. The van der Waals surface area contributed by atoms with E-state index in [1.165, 1.54) is 0 Å². The lowest BCUT2D eigenvalue weighted by atomic mass is 9.97. The molecule has 0 fully saturated rings. The Morgan fingerprint density at radius 2 is 1.61 bits per heavy atom. The molecule has 0 aromatic heterocycles. The van der Waals surface area contributed by atoms with Crippen LogP contribution in [0, 0.1) is 0 Å². The van der Waals surface area contributed by atoms with Crippen LogP contribution in [0.25, 0.3) is 0 Å². The topological polar surface area (TPSA) is 173 Å². The van der Waals surface area contributed by atoms with Gasteiger partial charge in [-0.2, -0.15) is 0 Å². The molecule has 0 aromatic rings. The number of amides is 5. The highest BCUT2D eigenvalue weighted by molar-refractivity contribution is 5.92. The van der Waals surface area contributed by atoms with Crippen LogP contribution in [0.3, 0.4) is 0 Å². The number of carbonyl (C=O) groups is 5. The first-order valence-electron chi connectivity index (χ1n) is 11.4. The van der Waals surface area contributed by atoms with Crippen molar-refractivity contribution in [3.05, 3.63) is 23.8 Å². The third-order valence-corrected chi connectivity index (χ3v) is 5.36. The van der Waals surface area contributed by atoms with E-state index in [0.717, 1.165) is 24.8 Å². The fourth-order valence-corrected chi connectivity index (χ4v) is 3.26. The number of rotatable bonds is 15. The maximum absolute atomic E-state index is 13.0. The highest BCUT2D eigenvalue weighted by atomic mass is 16.2. The third kappa shape index (κ3) is 11.9. The zero-order valence-corrected chi connectivity index (χ0v) is 19.5. The first-order valence-corrected chi connectivity index (χ1v) is 11.4. The minimum Gasteiger partial charge on any atom is -0.370 e. The molecule has 10 heteroatoms. The second-order valence-corrected chi connectivity index (χ2v) is 8.32. The monoisotopic (exact) mass is 463 g/mol. The van der Waals surface area contributed by atoms with E-state index in [0.29, 0.717) is 6.42 Å². The molecule has 0 heterocycles. The van der Waals surface area contributed by atoms with Crippen LogP contribution in [0.2, 0.25) is 0 Å². The number of carbonyl (C=O) groups excluding carboxylic acids is 5. The SMILES string of the molecule is CC[C@H](C)NC(=O)C(CC1=CC=CCC1)NC(=O)C(CCC(N)=O)NC(=O)CCCC(N)=O. The van der Waals surface area contributed by atoms with E-state index < -0.39 is 35.7 Å². The Balaban J connectivity index is 2.91. The summed E-state index contributed by atoms with van der Waals surface area (Å²) in [7, 11) is 0. The number of hydrogen-bond acceptors (Lipinski definition) is 5. The van der Waals surface area contributed by atoms with Crippen LogP contribution in [0.4, 0.5) is 0 Å². The molecule has 1 aliphatic carbocycles. The van der Waals surface area contributed by atoms with Crippen molar-refractivity contribution in [3.63, 3.8) is 0 Å². The Morgan fingerprint density at radius 3 is 2.18 bits per heavy atom. The second kappa shape index (κ2) is 14.8. The maximum atomic E-state index is 13.0. The summed E-state index contributed by atoms with van der Waals surface area (Å²) in [6.07, 6.45) is 8.80. The van der Waals surface area contributed by atoms with Gasteiger partial charge in [-0.15, -0.1) is 0 Å². The van der Waals surface area contributed by atoms with Crippen LogP contribution in [0.5, 0.6) is 0 Å². The molecule has 3 atom stereocenters. The Bertz CT molecular complexity index is 777. The highest BCUT2D eigenvalue weighted by Gasteiger charge is 2.28. The van der Waals surface area contributed by atoms with Crippen LogP contribution < -0.4 is 27.4 Å². The third-order valence-electron chi connectivity index (χ3n) is 5.36. The molecule has 0 spiro atoms. The molecule has 0 radical (unpaired) electrons. The fraction of sp³-hybridized carbons (Fsp3) is 0.609. The lowest BCUT2D eigenvalue weighted by Gasteiger charge is -2.25. The summed E-state index contributed by atoms with van der Waals surface area (Å²) in [6, 6.07) is -1.93. The van der Waals surface area contributed by atoms with Crippen molar-refractivity contribution in [2.24, 2.45) is 11.5 Å². The lowest BCUT2D eigenvalue weighted by Crippen LogP contribution is -2.54. The maximum Gasteiger partial charge on any atom is 0.243 e. The molecule has 33 heavy (non-hydrogen) atoms. The minimum atomic E-state index is -1.04. The van der Waals surface area contributed by atoms with E-state index in [9.17, 15) is 24.0 Å². The lowest BCUT2D eigenvalue weighted by molar-refractivity contribution is -0.132. The minimum absolute atomic E-state index is 0.000438. The van der Waals surface area contributed by atoms with Gasteiger partial charge in [0.25, 0.3) is 0 Å². The predicted molar refractivity (Wildman–Crippen MR) is 124 cm³/mol. The molecule has 0 saturated heterocycles. The highest BCUT2D eigenvalue weighted by Crippen LogP contribution is 2.18. The van der Waals surface area contributed by atoms with Gasteiger partial charge in [0.2, 0.25) is 29.5 Å². The van der Waals surface area contributed by atoms with Crippen LogP contribution in [-0.4, -0.2) is 47.7 Å². The number of nitrogens with two attached hydrogens (primary N) is 2. The summed E-state index contributed by atoms with van der Waals surface area (Å²) in [4.78, 5) is 60.2. The van der Waals surface area contributed by atoms with Gasteiger partial charge >= 0.3 is 0 Å². The number of primary amides is 2. The number of nitrogens with one attached hydrogen (secondary N) is 3. The predicted octanol–water partition coefficient (Wildman–Crippen LogP) is 0.458. The average molecular weight is 464 g/mol. The molecule has 1 aliphatic rings. The smallest absolute Gasteiger partial charge is 0.243 e. The van der Waals surface area contributed by atoms with Crippen LogP contribution in [0.15, 0.2) is 23.8 Å². The molecular weight excluding hydrogens is 426 g/mol. The summed E-state index contributed by atoms with van der Waals surface area (Å²) >= 11 is 0. The molecular formula is C23H37N5O5. The summed E-state index contributed by atoms with van der Waals surface area (Å²) in [5.74, 6) is -2.47. The van der Waals surface area contributed by atoms with E-state index in [2.05, 4.69) is 16.0 Å². The Hall–Kier alpha value is -3.17. The van der Waals surface area contributed by atoms with Crippen LogP contribution >= 0.6 is 0 Å². The van der Waals surface area contributed by atoms with E-state index in [4.69, 9.17) is 11.5 Å². The molecule has 0 bridgehead atoms. The van der Waals surface area contributed by atoms with Crippen LogP contribution in [-0.2, 0) is 24.0 Å². The Morgan fingerprint density at radius 1 is 0.939 bits per heavy atom. The zero-order valence-electron chi connectivity index (χ0n) is 19.5. The van der Waals surface area contributed by atoms with E-state index in [-0.39, 0.29) is 44.1 Å². The average Bonchev–Trinajstić information content (AvgIpc) is 2.76. The molecule has 0 saturated carbocycles. The van der Waals surface area contributed by atoms with Gasteiger partial charge in [-0.3, -0.25) is 24.0 Å². The molecule has 184 valence electrons. The standard InChI is InChI=1S/C23H37N5O5/c1-3-15(2)26-23(33)18(14-16-8-5-4-6-9-16)28-22(32)17(12-13-20(25)30)27-21(31)11-7-10-19(24)29/h4-5,8,15,17-18H,3,6-7,9-14H2,1-2H3,(H2,24,29)(H2,25,30)(H,26,33)(H,27,31)(H,28,32)/t15-,17?,18?/m0/s1. The van der Waals surface area contributed by atoms with Crippen molar-refractivity contribution < 1.29 is 24.0 Å². The summed E-state index contributed by atoms with van der Waals surface area (Å²) < 4.78 is 0. The van der Waals surface area contributed by atoms with Gasteiger partial charge < -0.3 is 27.4 Å². The first kappa shape index (κ1) is 27.9. The van der Waals surface area contributed by atoms with Gasteiger partial charge in [0.1, 0.15) is 12.1 Å². The van der Waals surface area contributed by atoms with E-state index in [1.807, 2.05) is 32.1 Å².